The molecule has 0 aliphatic rings. The van der Waals surface area contributed by atoms with E-state index in [9.17, 15) is 9.59 Å². The van der Waals surface area contributed by atoms with Gasteiger partial charge in [-0.1, -0.05) is 6.82 Å². The number of rotatable bonds is 5. The molecule has 0 spiro atoms. The summed E-state index contributed by atoms with van der Waals surface area (Å²) in [6, 6.07) is 4.69. The molecule has 5 heteroatoms. The molecule has 4 nitrogen and oxygen atoms in total. The molecule has 1 radical (unpaired) electrons. The fraction of sp³-hybridized carbons (Fsp3) is 0.385. The largest absolute Gasteiger partial charge is 0.491 e. The molecule has 0 saturated carbocycles. The molecule has 1 rings (SSSR count). The number of hydrogen-bond acceptors (Lipinski definition) is 4. The molecule has 95 valence electrons. The average molecular weight is 247 g/mol. The molecule has 18 heavy (non-hydrogen) atoms. The van der Waals surface area contributed by atoms with Crippen LogP contribution in [0.3, 0.4) is 0 Å². The number of benzene rings is 1. The summed E-state index contributed by atoms with van der Waals surface area (Å²) >= 11 is 0. The highest BCUT2D eigenvalue weighted by Gasteiger charge is 2.13. The van der Waals surface area contributed by atoms with Crippen LogP contribution in [-0.4, -0.2) is 32.1 Å². The Morgan fingerprint density at radius 3 is 2.28 bits per heavy atom. The quantitative estimate of drug-likeness (QED) is 0.590. The van der Waals surface area contributed by atoms with E-state index in [1.165, 1.54) is 20.5 Å². The zero-order valence-electron chi connectivity index (χ0n) is 11.0. The van der Waals surface area contributed by atoms with Gasteiger partial charge in [0.2, 0.25) is 7.28 Å². The smallest absolute Gasteiger partial charge is 0.338 e. The minimum atomic E-state index is -0.491. The van der Waals surface area contributed by atoms with Crippen molar-refractivity contribution in [3.05, 3.63) is 29.3 Å². The zero-order valence-corrected chi connectivity index (χ0v) is 11.0. The van der Waals surface area contributed by atoms with Crippen LogP contribution in [0, 0.1) is 0 Å². The normalized spacial score (nSPS) is 10.1. The van der Waals surface area contributed by atoms with Crippen LogP contribution in [0.4, 0.5) is 0 Å². The summed E-state index contributed by atoms with van der Waals surface area (Å²) in [5.41, 5.74) is 0.561. The molecule has 0 bridgehead atoms. The van der Waals surface area contributed by atoms with Crippen molar-refractivity contribution in [1.82, 2.24) is 0 Å². The van der Waals surface area contributed by atoms with E-state index in [2.05, 4.69) is 4.74 Å². The highest BCUT2D eigenvalue weighted by molar-refractivity contribution is 6.76. The van der Waals surface area contributed by atoms with Gasteiger partial charge < -0.3 is 14.3 Å². The first-order chi connectivity index (χ1) is 8.47. The van der Waals surface area contributed by atoms with E-state index in [0.29, 0.717) is 16.9 Å². The van der Waals surface area contributed by atoms with E-state index in [-0.39, 0.29) is 11.8 Å². The highest BCUT2D eigenvalue weighted by atomic mass is 16.5. The van der Waals surface area contributed by atoms with E-state index in [0.717, 1.165) is 0 Å². The van der Waals surface area contributed by atoms with Crippen molar-refractivity contribution in [2.45, 2.75) is 26.8 Å². The zero-order chi connectivity index (χ0) is 13.7. The molecule has 0 saturated heterocycles. The summed E-state index contributed by atoms with van der Waals surface area (Å²) in [6.45, 7) is 5.40. The van der Waals surface area contributed by atoms with Gasteiger partial charge in [0.05, 0.1) is 18.8 Å². The number of hydrogen-bond donors (Lipinski definition) is 0. The van der Waals surface area contributed by atoms with Gasteiger partial charge in [-0.3, -0.25) is 0 Å². The lowest BCUT2D eigenvalue weighted by Crippen LogP contribution is -2.11. The second-order valence-corrected chi connectivity index (χ2v) is 4.06. The molecule has 0 fully saturated rings. The van der Waals surface area contributed by atoms with E-state index in [4.69, 9.17) is 4.74 Å². The van der Waals surface area contributed by atoms with Crippen molar-refractivity contribution in [1.29, 1.82) is 0 Å². The Hall–Kier alpha value is -1.78. The lowest BCUT2D eigenvalue weighted by Gasteiger charge is -2.12. The fourth-order valence-electron chi connectivity index (χ4n) is 1.48. The van der Waals surface area contributed by atoms with E-state index >= 15 is 0 Å². The average Bonchev–Trinajstić information content (AvgIpc) is 2.35. The van der Waals surface area contributed by atoms with Crippen molar-refractivity contribution in [3.8, 4) is 5.75 Å². The monoisotopic (exact) mass is 247 g/mol. The molecular weight excluding hydrogens is 231 g/mol. The first-order valence-corrected chi connectivity index (χ1v) is 5.71. The Kier molecular flexibility index (Phi) is 4.95. The lowest BCUT2D eigenvalue weighted by molar-refractivity contribution is 0.0600. The maximum atomic E-state index is 11.7. The van der Waals surface area contributed by atoms with Crippen LogP contribution >= 0.6 is 0 Å². The van der Waals surface area contributed by atoms with Crippen molar-refractivity contribution in [2.24, 2.45) is 0 Å². The van der Waals surface area contributed by atoms with Gasteiger partial charge in [0.1, 0.15) is 11.4 Å². The van der Waals surface area contributed by atoms with Gasteiger partial charge in [-0.15, -0.1) is 0 Å². The summed E-state index contributed by atoms with van der Waals surface area (Å²) in [5.74, 6) is -0.00698. The molecule has 0 unspecified atom stereocenters. The maximum absolute atomic E-state index is 11.7. The van der Waals surface area contributed by atoms with Gasteiger partial charge in [0, 0.05) is 5.56 Å². The van der Waals surface area contributed by atoms with Crippen LogP contribution < -0.4 is 4.74 Å². The maximum Gasteiger partial charge on any atom is 0.338 e. The topological polar surface area (TPSA) is 52.6 Å². The highest BCUT2D eigenvalue weighted by Crippen LogP contribution is 2.19. The predicted octanol–water partition coefficient (Wildman–Crippen LogP) is 2.15. The van der Waals surface area contributed by atoms with Crippen LogP contribution in [0.25, 0.3) is 0 Å². The molecule has 0 heterocycles. The van der Waals surface area contributed by atoms with Gasteiger partial charge >= 0.3 is 5.97 Å². The molecule has 1 aromatic rings. The van der Waals surface area contributed by atoms with Gasteiger partial charge in [-0.25, -0.2) is 4.79 Å². The van der Waals surface area contributed by atoms with Crippen LogP contribution in [0.2, 0.25) is 6.82 Å². The number of methoxy groups -OCH3 is 1. The summed E-state index contributed by atoms with van der Waals surface area (Å²) < 4.78 is 10.2. The molecule has 1 aromatic carbocycles. The molecule has 0 aliphatic heterocycles. The first kappa shape index (κ1) is 14.3. The second kappa shape index (κ2) is 6.24. The van der Waals surface area contributed by atoms with Gasteiger partial charge in [0.25, 0.3) is 0 Å². The molecular formula is C13H16BO4. The molecule has 0 amide bonds. The SMILES string of the molecule is C[B]C(=O)c1cc(OC(C)C)cc(C(=O)OC)c1. The number of carbonyl (C=O) groups excluding carboxylic acids is 2. The summed E-state index contributed by atoms with van der Waals surface area (Å²) in [5, 5.41) is 0. The minimum Gasteiger partial charge on any atom is -0.491 e. The minimum absolute atomic E-state index is 0.0357. The molecule has 0 aromatic heterocycles. The Bertz CT molecular complexity index is 420. The van der Waals surface area contributed by atoms with Crippen molar-refractivity contribution >= 4 is 18.9 Å². The van der Waals surface area contributed by atoms with Gasteiger partial charge in [0.15, 0.2) is 0 Å². The van der Waals surface area contributed by atoms with E-state index in [1.54, 1.807) is 19.0 Å². The summed E-state index contributed by atoms with van der Waals surface area (Å²) in [4.78, 5) is 23.2. The summed E-state index contributed by atoms with van der Waals surface area (Å²) in [7, 11) is 2.74. The molecule has 0 atom stereocenters. The standard InChI is InChI=1S/C13H16BO4/c1-8(2)18-11-6-9(12(15)14-3)5-10(7-11)13(16)17-4/h5-8H,1-4H3. The van der Waals surface area contributed by atoms with E-state index < -0.39 is 5.97 Å². The van der Waals surface area contributed by atoms with Crippen molar-refractivity contribution < 1.29 is 19.1 Å². The van der Waals surface area contributed by atoms with Crippen molar-refractivity contribution in [2.75, 3.05) is 7.11 Å². The number of carbonyl (C=O) groups is 2. The third-order valence-electron chi connectivity index (χ3n) is 2.25. The molecule has 0 aliphatic carbocycles. The number of ether oxygens (including phenoxy) is 2. The van der Waals surface area contributed by atoms with Crippen LogP contribution in [-0.2, 0) is 4.74 Å². The van der Waals surface area contributed by atoms with E-state index in [1.807, 2.05) is 13.8 Å². The second-order valence-electron chi connectivity index (χ2n) is 4.06. The van der Waals surface area contributed by atoms with Crippen LogP contribution in [0.5, 0.6) is 5.75 Å². The Balaban J connectivity index is 3.19. The van der Waals surface area contributed by atoms with Crippen molar-refractivity contribution in [3.63, 3.8) is 0 Å². The lowest BCUT2D eigenvalue weighted by atomic mass is 9.73. The molecule has 0 N–H and O–H groups in total. The first-order valence-electron chi connectivity index (χ1n) is 5.71. The van der Waals surface area contributed by atoms with Crippen LogP contribution in [0.15, 0.2) is 18.2 Å². The number of esters is 1. The fourth-order valence-corrected chi connectivity index (χ4v) is 1.48. The Morgan fingerprint density at radius 1 is 1.17 bits per heavy atom. The predicted molar refractivity (Wildman–Crippen MR) is 69.5 cm³/mol. The third-order valence-corrected chi connectivity index (χ3v) is 2.25. The van der Waals surface area contributed by atoms with Crippen LogP contribution in [0.1, 0.15) is 34.6 Å². The van der Waals surface area contributed by atoms with Gasteiger partial charge in [-0.2, -0.15) is 0 Å². The summed E-state index contributed by atoms with van der Waals surface area (Å²) in [6.07, 6.45) is -0.0357. The van der Waals surface area contributed by atoms with Gasteiger partial charge in [-0.05, 0) is 32.0 Å². The third kappa shape index (κ3) is 3.62. The Morgan fingerprint density at radius 2 is 1.78 bits per heavy atom. The Labute approximate surface area is 108 Å².